The summed E-state index contributed by atoms with van der Waals surface area (Å²) < 4.78 is 31.5. The highest BCUT2D eigenvalue weighted by Crippen LogP contribution is 2.30. The molecule has 0 aliphatic rings. The van der Waals surface area contributed by atoms with Gasteiger partial charge in [-0.15, -0.1) is 0 Å². The van der Waals surface area contributed by atoms with Gasteiger partial charge < -0.3 is 15.0 Å². The molecule has 1 N–H and O–H groups in total. The Morgan fingerprint density at radius 1 is 1.08 bits per heavy atom. The summed E-state index contributed by atoms with van der Waals surface area (Å²) in [6.45, 7) is 6.92. The first-order valence-electron chi connectivity index (χ1n) is 11.3. The van der Waals surface area contributed by atoms with Crippen LogP contribution < -0.4 is 14.4 Å². The van der Waals surface area contributed by atoms with E-state index in [2.05, 4.69) is 5.32 Å². The van der Waals surface area contributed by atoms with Gasteiger partial charge in [-0.3, -0.25) is 13.9 Å². The van der Waals surface area contributed by atoms with E-state index in [1.54, 1.807) is 31.2 Å². The first-order chi connectivity index (χ1) is 16.7. The zero-order valence-corrected chi connectivity index (χ0v) is 23.7. The molecular weight excluding hydrogens is 525 g/mol. The number of carbonyl (C=O) groups excluding carboxylic acids is 2. The minimum absolute atomic E-state index is 0.0903. The quantitative estimate of drug-likeness (QED) is 0.464. The third-order valence-corrected chi connectivity index (χ3v) is 6.94. The largest absolute Gasteiger partial charge is 0.495 e. The van der Waals surface area contributed by atoms with Crippen molar-refractivity contribution in [1.29, 1.82) is 0 Å². The van der Waals surface area contributed by atoms with Crippen LogP contribution in [0, 0.1) is 0 Å². The molecule has 0 aliphatic heterocycles. The Morgan fingerprint density at radius 2 is 1.69 bits per heavy atom. The van der Waals surface area contributed by atoms with Gasteiger partial charge in [0.1, 0.15) is 18.3 Å². The third-order valence-electron chi connectivity index (χ3n) is 5.25. The van der Waals surface area contributed by atoms with E-state index >= 15 is 0 Å². The minimum atomic E-state index is -3.87. The highest BCUT2D eigenvalue weighted by molar-refractivity contribution is 7.92. The van der Waals surface area contributed by atoms with E-state index in [-0.39, 0.29) is 23.2 Å². The average molecular weight is 559 g/mol. The van der Waals surface area contributed by atoms with Gasteiger partial charge in [0.25, 0.3) is 0 Å². The van der Waals surface area contributed by atoms with Crippen LogP contribution in [0.3, 0.4) is 0 Å². The number of halogens is 2. The van der Waals surface area contributed by atoms with Crippen molar-refractivity contribution in [2.24, 2.45) is 0 Å². The molecule has 0 aliphatic carbocycles. The van der Waals surface area contributed by atoms with E-state index in [0.29, 0.717) is 17.2 Å². The van der Waals surface area contributed by atoms with Gasteiger partial charge in [0.2, 0.25) is 21.8 Å². The Bertz CT molecular complexity index is 1180. The van der Waals surface area contributed by atoms with Gasteiger partial charge in [0.15, 0.2) is 0 Å². The molecule has 0 fully saturated rings. The second-order valence-corrected chi connectivity index (χ2v) is 12.2. The van der Waals surface area contributed by atoms with Crippen LogP contribution in [0.25, 0.3) is 0 Å². The van der Waals surface area contributed by atoms with Gasteiger partial charge in [-0.25, -0.2) is 8.42 Å². The summed E-state index contributed by atoms with van der Waals surface area (Å²) in [7, 11) is -2.43. The highest BCUT2D eigenvalue weighted by Gasteiger charge is 2.33. The van der Waals surface area contributed by atoms with E-state index < -0.39 is 34.1 Å². The topological polar surface area (TPSA) is 96.0 Å². The molecule has 0 saturated heterocycles. The highest BCUT2D eigenvalue weighted by atomic mass is 35.5. The fourth-order valence-corrected chi connectivity index (χ4v) is 4.80. The van der Waals surface area contributed by atoms with Gasteiger partial charge in [-0.05, 0) is 63.1 Å². The molecule has 2 aromatic rings. The van der Waals surface area contributed by atoms with Crippen LogP contribution in [-0.4, -0.2) is 56.6 Å². The molecule has 198 valence electrons. The fourth-order valence-electron chi connectivity index (χ4n) is 3.58. The Hall–Kier alpha value is -2.49. The Kier molecular flexibility index (Phi) is 10.0. The zero-order chi connectivity index (χ0) is 27.3. The molecule has 0 spiro atoms. The number of nitrogens with one attached hydrogen (secondary N) is 1. The van der Waals surface area contributed by atoms with Crippen molar-refractivity contribution in [3.8, 4) is 5.75 Å². The average Bonchev–Trinajstić information content (AvgIpc) is 2.76. The maximum atomic E-state index is 13.7. The molecule has 1 atom stereocenters. The summed E-state index contributed by atoms with van der Waals surface area (Å²) in [5.41, 5.74) is 0.432. The van der Waals surface area contributed by atoms with Crippen LogP contribution in [0.4, 0.5) is 5.69 Å². The van der Waals surface area contributed by atoms with Crippen LogP contribution >= 0.6 is 23.2 Å². The van der Waals surface area contributed by atoms with Crippen molar-refractivity contribution in [3.05, 3.63) is 58.1 Å². The van der Waals surface area contributed by atoms with Crippen molar-refractivity contribution in [1.82, 2.24) is 10.2 Å². The van der Waals surface area contributed by atoms with Gasteiger partial charge in [-0.1, -0.05) is 42.3 Å². The molecule has 0 aromatic heterocycles. The lowest BCUT2D eigenvalue weighted by Gasteiger charge is -2.34. The van der Waals surface area contributed by atoms with Crippen molar-refractivity contribution < 1.29 is 22.7 Å². The SMILES string of the molecule is CC[C@H](C(=O)NC(C)(C)C)N(Cc1ccc(Cl)cc1)C(=O)CN(c1ccc(OC)c(Cl)c1)S(C)(=O)=O. The summed E-state index contributed by atoms with van der Waals surface area (Å²) in [6.07, 6.45) is 1.33. The number of rotatable bonds is 10. The Balaban J connectivity index is 2.47. The van der Waals surface area contributed by atoms with E-state index in [0.717, 1.165) is 16.1 Å². The number of benzene rings is 2. The Morgan fingerprint density at radius 3 is 2.17 bits per heavy atom. The lowest BCUT2D eigenvalue weighted by Crippen LogP contribution is -2.55. The van der Waals surface area contributed by atoms with Crippen LogP contribution in [0.1, 0.15) is 39.7 Å². The predicted octanol–water partition coefficient (Wildman–Crippen LogP) is 4.49. The number of hydrogen-bond acceptors (Lipinski definition) is 5. The predicted molar refractivity (Wildman–Crippen MR) is 144 cm³/mol. The summed E-state index contributed by atoms with van der Waals surface area (Å²) in [4.78, 5) is 28.2. The maximum absolute atomic E-state index is 13.7. The summed E-state index contributed by atoms with van der Waals surface area (Å²) in [5.74, 6) is -0.501. The molecular formula is C25H33Cl2N3O5S. The van der Waals surface area contributed by atoms with Crippen LogP contribution in [0.2, 0.25) is 10.0 Å². The number of methoxy groups -OCH3 is 1. The van der Waals surface area contributed by atoms with Gasteiger partial charge in [0.05, 0.1) is 24.1 Å². The number of amides is 2. The number of nitrogens with zero attached hydrogens (tertiary/aromatic N) is 2. The lowest BCUT2D eigenvalue weighted by atomic mass is 10.1. The fraction of sp³-hybridized carbons (Fsp3) is 0.440. The van der Waals surface area contributed by atoms with E-state index in [1.165, 1.54) is 30.2 Å². The maximum Gasteiger partial charge on any atom is 0.244 e. The molecule has 2 aromatic carbocycles. The van der Waals surface area contributed by atoms with Crippen LogP contribution in [-0.2, 0) is 26.2 Å². The van der Waals surface area contributed by atoms with Gasteiger partial charge >= 0.3 is 0 Å². The zero-order valence-electron chi connectivity index (χ0n) is 21.3. The second kappa shape index (κ2) is 12.2. The van der Waals surface area contributed by atoms with Crippen molar-refractivity contribution >= 4 is 50.7 Å². The van der Waals surface area contributed by atoms with Crippen molar-refractivity contribution in [2.45, 2.75) is 52.2 Å². The summed E-state index contributed by atoms with van der Waals surface area (Å²) >= 11 is 12.2. The molecule has 8 nitrogen and oxygen atoms in total. The molecule has 0 radical (unpaired) electrons. The molecule has 0 heterocycles. The standard InChI is InChI=1S/C25H33Cl2N3O5S/c1-7-21(24(32)28-25(2,3)4)29(15-17-8-10-18(26)11-9-17)23(31)16-30(36(6,33)34)19-12-13-22(35-5)20(27)14-19/h8-14,21H,7,15-16H2,1-6H3,(H,28,32)/t21-/m1/s1. The monoisotopic (exact) mass is 557 g/mol. The summed E-state index contributed by atoms with van der Waals surface area (Å²) in [6, 6.07) is 10.5. The molecule has 0 unspecified atom stereocenters. The molecule has 0 bridgehead atoms. The normalized spacial score (nSPS) is 12.6. The van der Waals surface area contributed by atoms with E-state index in [1.807, 2.05) is 20.8 Å². The minimum Gasteiger partial charge on any atom is -0.495 e. The first kappa shape index (κ1) is 29.7. The Labute approximate surface area is 223 Å². The number of sulfonamides is 1. The molecule has 2 rings (SSSR count). The molecule has 36 heavy (non-hydrogen) atoms. The smallest absolute Gasteiger partial charge is 0.244 e. The molecule has 11 heteroatoms. The number of hydrogen-bond donors (Lipinski definition) is 1. The molecule has 2 amide bonds. The number of ether oxygens (including phenoxy) is 1. The van der Waals surface area contributed by atoms with Gasteiger partial charge in [0, 0.05) is 17.1 Å². The van der Waals surface area contributed by atoms with Gasteiger partial charge in [-0.2, -0.15) is 0 Å². The first-order valence-corrected chi connectivity index (χ1v) is 13.9. The van der Waals surface area contributed by atoms with E-state index in [4.69, 9.17) is 27.9 Å². The van der Waals surface area contributed by atoms with E-state index in [9.17, 15) is 18.0 Å². The van der Waals surface area contributed by atoms with Crippen LogP contribution in [0.5, 0.6) is 5.75 Å². The molecule has 0 saturated carbocycles. The lowest BCUT2D eigenvalue weighted by molar-refractivity contribution is -0.141. The van der Waals surface area contributed by atoms with Crippen LogP contribution in [0.15, 0.2) is 42.5 Å². The number of carbonyl (C=O) groups is 2. The summed E-state index contributed by atoms with van der Waals surface area (Å²) in [5, 5.41) is 3.65. The third kappa shape index (κ3) is 8.28. The number of anilines is 1. The second-order valence-electron chi connectivity index (χ2n) is 9.40. The van der Waals surface area contributed by atoms with Crippen molar-refractivity contribution in [3.63, 3.8) is 0 Å². The van der Waals surface area contributed by atoms with Crippen molar-refractivity contribution in [2.75, 3.05) is 24.2 Å².